The Morgan fingerprint density at radius 3 is 3.07 bits per heavy atom. The molecule has 0 aromatic rings. The third kappa shape index (κ3) is 3.73. The number of nitrogens with one attached hydrogen (secondary N) is 2. The molecule has 78 valence electrons. The van der Waals surface area contributed by atoms with Gasteiger partial charge in [-0.3, -0.25) is 4.79 Å². The van der Waals surface area contributed by atoms with Gasteiger partial charge in [0.15, 0.2) is 0 Å². The Morgan fingerprint density at radius 2 is 2.50 bits per heavy atom. The summed E-state index contributed by atoms with van der Waals surface area (Å²) in [4.78, 5) is 13.3. The second kappa shape index (κ2) is 5.58. The van der Waals surface area contributed by atoms with Gasteiger partial charge in [-0.25, -0.2) is 0 Å². The number of nitrogens with zero attached hydrogens (tertiary/aromatic N) is 2. The molecule has 0 spiro atoms. The van der Waals surface area contributed by atoms with Crippen molar-refractivity contribution >= 4 is 5.91 Å². The SMILES string of the molecule is CN1CCC(NCC(=O)NCC#N)C1. The quantitative estimate of drug-likeness (QED) is 0.561. The number of carbonyl (C=O) groups is 1. The highest BCUT2D eigenvalue weighted by Crippen LogP contribution is 2.04. The summed E-state index contributed by atoms with van der Waals surface area (Å²) in [5, 5.41) is 13.9. The molecule has 5 heteroatoms. The Kier molecular flexibility index (Phi) is 4.36. The second-order valence-corrected chi connectivity index (χ2v) is 3.56. The van der Waals surface area contributed by atoms with Crippen LogP contribution in [0.3, 0.4) is 0 Å². The Labute approximate surface area is 84.1 Å². The molecule has 1 rings (SSSR count). The van der Waals surface area contributed by atoms with Gasteiger partial charge < -0.3 is 15.5 Å². The summed E-state index contributed by atoms with van der Waals surface area (Å²) in [5.74, 6) is -0.110. The Morgan fingerprint density at radius 1 is 1.71 bits per heavy atom. The van der Waals surface area contributed by atoms with Gasteiger partial charge in [0.1, 0.15) is 6.54 Å². The molecular formula is C9H16N4O. The van der Waals surface area contributed by atoms with Gasteiger partial charge in [0.05, 0.1) is 12.6 Å². The zero-order valence-corrected chi connectivity index (χ0v) is 8.42. The average molecular weight is 196 g/mol. The molecule has 1 aliphatic rings. The molecule has 1 aliphatic heterocycles. The van der Waals surface area contributed by atoms with Crippen LogP contribution in [0.2, 0.25) is 0 Å². The number of hydrogen-bond acceptors (Lipinski definition) is 4. The van der Waals surface area contributed by atoms with E-state index >= 15 is 0 Å². The highest BCUT2D eigenvalue weighted by Gasteiger charge is 2.18. The normalized spacial score (nSPS) is 21.9. The van der Waals surface area contributed by atoms with Crippen LogP contribution < -0.4 is 10.6 Å². The molecule has 0 aliphatic carbocycles. The van der Waals surface area contributed by atoms with E-state index in [1.54, 1.807) is 0 Å². The van der Waals surface area contributed by atoms with Crippen molar-refractivity contribution in [3.63, 3.8) is 0 Å². The summed E-state index contributed by atoms with van der Waals surface area (Å²) in [7, 11) is 2.07. The van der Waals surface area contributed by atoms with Crippen LogP contribution in [0, 0.1) is 11.3 Å². The molecule has 0 saturated carbocycles. The molecule has 14 heavy (non-hydrogen) atoms. The molecule has 0 aromatic heterocycles. The van der Waals surface area contributed by atoms with Gasteiger partial charge in [-0.1, -0.05) is 0 Å². The molecule has 2 N–H and O–H groups in total. The molecular weight excluding hydrogens is 180 g/mol. The van der Waals surface area contributed by atoms with Gasteiger partial charge in [0.25, 0.3) is 0 Å². The summed E-state index contributed by atoms with van der Waals surface area (Å²) in [6, 6.07) is 2.28. The lowest BCUT2D eigenvalue weighted by molar-refractivity contribution is -0.120. The smallest absolute Gasteiger partial charge is 0.234 e. The number of rotatable bonds is 4. The Bertz CT molecular complexity index is 235. The standard InChI is InChI=1S/C9H16N4O/c1-13-5-2-8(7-13)12-6-9(14)11-4-3-10/h8,12H,2,4-7H2,1H3,(H,11,14). The van der Waals surface area contributed by atoms with Crippen molar-refractivity contribution in [3.8, 4) is 6.07 Å². The molecule has 1 heterocycles. The third-order valence-corrected chi connectivity index (χ3v) is 2.31. The maximum Gasteiger partial charge on any atom is 0.234 e. The number of hydrogen-bond donors (Lipinski definition) is 2. The number of carbonyl (C=O) groups excluding carboxylic acids is 1. The van der Waals surface area contributed by atoms with E-state index in [2.05, 4.69) is 22.6 Å². The van der Waals surface area contributed by atoms with Crippen LogP contribution in [0.15, 0.2) is 0 Å². The predicted octanol–water partition coefficient (Wildman–Crippen LogP) is -1.08. The van der Waals surface area contributed by atoms with Crippen LogP contribution in [0.25, 0.3) is 0 Å². The van der Waals surface area contributed by atoms with Crippen molar-refractivity contribution in [1.82, 2.24) is 15.5 Å². The summed E-state index contributed by atoms with van der Waals surface area (Å²) >= 11 is 0. The first kappa shape index (κ1) is 11.0. The van der Waals surface area contributed by atoms with Crippen molar-refractivity contribution in [2.45, 2.75) is 12.5 Å². The van der Waals surface area contributed by atoms with E-state index in [4.69, 9.17) is 5.26 Å². The largest absolute Gasteiger partial charge is 0.342 e. The van der Waals surface area contributed by atoms with E-state index in [-0.39, 0.29) is 12.5 Å². The summed E-state index contributed by atoms with van der Waals surface area (Å²) in [6.45, 7) is 2.47. The highest BCUT2D eigenvalue weighted by atomic mass is 16.1. The van der Waals surface area contributed by atoms with Crippen molar-refractivity contribution in [3.05, 3.63) is 0 Å². The maximum atomic E-state index is 11.1. The number of likely N-dealkylation sites (N-methyl/N-ethyl adjacent to an activating group) is 1. The summed E-state index contributed by atoms with van der Waals surface area (Å²) in [6.07, 6.45) is 1.09. The zero-order chi connectivity index (χ0) is 10.4. The van der Waals surface area contributed by atoms with Gasteiger partial charge in [-0.15, -0.1) is 0 Å². The van der Waals surface area contributed by atoms with Gasteiger partial charge in [-0.2, -0.15) is 5.26 Å². The van der Waals surface area contributed by atoms with Crippen molar-refractivity contribution in [1.29, 1.82) is 5.26 Å². The van der Waals surface area contributed by atoms with Gasteiger partial charge in [0.2, 0.25) is 5.91 Å². The summed E-state index contributed by atoms with van der Waals surface area (Å²) < 4.78 is 0. The lowest BCUT2D eigenvalue weighted by Crippen LogP contribution is -2.40. The lowest BCUT2D eigenvalue weighted by atomic mass is 10.2. The van der Waals surface area contributed by atoms with Crippen molar-refractivity contribution in [2.24, 2.45) is 0 Å². The van der Waals surface area contributed by atoms with Crippen LogP contribution in [-0.2, 0) is 4.79 Å². The van der Waals surface area contributed by atoms with Crippen LogP contribution in [0.1, 0.15) is 6.42 Å². The molecule has 1 unspecified atom stereocenters. The van der Waals surface area contributed by atoms with E-state index in [9.17, 15) is 4.79 Å². The van der Waals surface area contributed by atoms with E-state index in [0.717, 1.165) is 19.5 Å². The van der Waals surface area contributed by atoms with E-state index in [1.165, 1.54) is 0 Å². The molecule has 1 amide bonds. The van der Waals surface area contributed by atoms with Gasteiger partial charge in [0, 0.05) is 12.6 Å². The van der Waals surface area contributed by atoms with Crippen molar-refractivity contribution in [2.75, 3.05) is 33.2 Å². The lowest BCUT2D eigenvalue weighted by Gasteiger charge is -2.11. The fourth-order valence-electron chi connectivity index (χ4n) is 1.54. The highest BCUT2D eigenvalue weighted by molar-refractivity contribution is 5.78. The molecule has 0 bridgehead atoms. The molecule has 0 radical (unpaired) electrons. The van der Waals surface area contributed by atoms with Crippen molar-refractivity contribution < 1.29 is 4.79 Å². The number of likely N-dealkylation sites (tertiary alicyclic amines) is 1. The van der Waals surface area contributed by atoms with E-state index in [1.807, 2.05) is 6.07 Å². The van der Waals surface area contributed by atoms with Crippen LogP contribution in [0.4, 0.5) is 0 Å². The van der Waals surface area contributed by atoms with Gasteiger partial charge >= 0.3 is 0 Å². The fourth-order valence-corrected chi connectivity index (χ4v) is 1.54. The molecule has 1 saturated heterocycles. The third-order valence-electron chi connectivity index (χ3n) is 2.31. The van der Waals surface area contributed by atoms with Crippen LogP contribution >= 0.6 is 0 Å². The maximum absolute atomic E-state index is 11.1. The molecule has 1 atom stereocenters. The predicted molar refractivity (Wildman–Crippen MR) is 52.5 cm³/mol. The minimum Gasteiger partial charge on any atom is -0.342 e. The first-order valence-corrected chi connectivity index (χ1v) is 4.78. The topological polar surface area (TPSA) is 68.2 Å². The minimum atomic E-state index is -0.110. The van der Waals surface area contributed by atoms with Crippen LogP contribution in [-0.4, -0.2) is 50.1 Å². The number of amides is 1. The summed E-state index contributed by atoms with van der Waals surface area (Å²) in [5.41, 5.74) is 0. The Hall–Kier alpha value is -1.12. The van der Waals surface area contributed by atoms with E-state index in [0.29, 0.717) is 12.6 Å². The molecule has 5 nitrogen and oxygen atoms in total. The monoisotopic (exact) mass is 196 g/mol. The zero-order valence-electron chi connectivity index (χ0n) is 8.42. The second-order valence-electron chi connectivity index (χ2n) is 3.56. The minimum absolute atomic E-state index is 0.0884. The van der Waals surface area contributed by atoms with Crippen LogP contribution in [0.5, 0.6) is 0 Å². The first-order valence-electron chi connectivity index (χ1n) is 4.78. The molecule has 1 fully saturated rings. The molecule has 0 aromatic carbocycles. The average Bonchev–Trinajstić information content (AvgIpc) is 2.58. The first-order chi connectivity index (χ1) is 6.72. The number of nitriles is 1. The van der Waals surface area contributed by atoms with Gasteiger partial charge in [-0.05, 0) is 20.0 Å². The van der Waals surface area contributed by atoms with E-state index < -0.39 is 0 Å². The Balaban J connectivity index is 2.08. The fraction of sp³-hybridized carbons (Fsp3) is 0.778.